The molecule has 19 heavy (non-hydrogen) atoms. The van der Waals surface area contributed by atoms with E-state index in [9.17, 15) is 14.7 Å². The van der Waals surface area contributed by atoms with E-state index in [2.05, 4.69) is 5.32 Å². The lowest BCUT2D eigenvalue weighted by Gasteiger charge is -2.24. The molecule has 2 atom stereocenters. The van der Waals surface area contributed by atoms with Gasteiger partial charge in [0.15, 0.2) is 0 Å². The summed E-state index contributed by atoms with van der Waals surface area (Å²) < 4.78 is 0. The molecule has 1 rings (SSSR count). The van der Waals surface area contributed by atoms with Crippen LogP contribution in [0.5, 0.6) is 0 Å². The van der Waals surface area contributed by atoms with Gasteiger partial charge in [0.25, 0.3) is 0 Å². The van der Waals surface area contributed by atoms with Crippen molar-refractivity contribution in [3.63, 3.8) is 0 Å². The molecule has 1 aliphatic rings. The summed E-state index contributed by atoms with van der Waals surface area (Å²) in [6.45, 7) is 6.88. The molecule has 1 aliphatic heterocycles. The van der Waals surface area contributed by atoms with Gasteiger partial charge in [-0.05, 0) is 18.3 Å². The lowest BCUT2D eigenvalue weighted by Crippen LogP contribution is -2.42. The highest BCUT2D eigenvalue weighted by molar-refractivity contribution is 5.76. The Kier molecular flexibility index (Phi) is 5.17. The second-order valence-corrected chi connectivity index (χ2v) is 6.37. The number of hydrogen-bond donors (Lipinski definition) is 3. The Morgan fingerprint density at radius 3 is 2.47 bits per heavy atom. The molecule has 0 spiro atoms. The van der Waals surface area contributed by atoms with Crippen LogP contribution in [0.25, 0.3) is 0 Å². The number of carboxylic acid groups (broad SMARTS) is 1. The third-order valence-corrected chi connectivity index (χ3v) is 3.16. The number of aliphatic hydroxyl groups is 1. The van der Waals surface area contributed by atoms with Crippen molar-refractivity contribution in [1.82, 2.24) is 10.2 Å². The third-order valence-electron chi connectivity index (χ3n) is 3.16. The Hall–Kier alpha value is -1.30. The van der Waals surface area contributed by atoms with Crippen LogP contribution in [-0.2, 0) is 4.79 Å². The first-order chi connectivity index (χ1) is 8.69. The molecular formula is C13H24N2O4. The second kappa shape index (κ2) is 6.23. The molecule has 0 saturated carbocycles. The fourth-order valence-corrected chi connectivity index (χ4v) is 2.23. The van der Waals surface area contributed by atoms with Crippen molar-refractivity contribution < 1.29 is 19.8 Å². The van der Waals surface area contributed by atoms with Gasteiger partial charge in [0.05, 0.1) is 12.0 Å². The number of rotatable bonds is 4. The number of carboxylic acids is 1. The van der Waals surface area contributed by atoms with E-state index >= 15 is 0 Å². The summed E-state index contributed by atoms with van der Waals surface area (Å²) in [5.41, 5.74) is -0.0996. The van der Waals surface area contributed by atoms with Crippen LogP contribution in [-0.4, -0.2) is 52.9 Å². The Morgan fingerprint density at radius 2 is 2.05 bits per heavy atom. The molecule has 0 aromatic carbocycles. The summed E-state index contributed by atoms with van der Waals surface area (Å²) in [5, 5.41) is 21.1. The van der Waals surface area contributed by atoms with Crippen molar-refractivity contribution in [2.75, 3.05) is 19.6 Å². The number of β-amino-alcohol motifs (C(OH)–C–C–N with tert-alkyl or cyclic N) is 1. The zero-order valence-electron chi connectivity index (χ0n) is 11.8. The number of hydrogen-bond acceptors (Lipinski definition) is 3. The average molecular weight is 272 g/mol. The summed E-state index contributed by atoms with van der Waals surface area (Å²) in [6, 6.07) is -0.295. The normalized spacial score (nSPS) is 21.3. The number of amides is 2. The highest BCUT2D eigenvalue weighted by Gasteiger charge is 2.28. The molecule has 1 fully saturated rings. The Balaban J connectivity index is 2.43. The minimum absolute atomic E-state index is 0.0996. The number of nitrogens with zero attached hydrogens (tertiary/aromatic N) is 1. The van der Waals surface area contributed by atoms with Gasteiger partial charge in [-0.15, -0.1) is 0 Å². The minimum Gasteiger partial charge on any atom is -0.481 e. The predicted octanol–water partition coefficient (Wildman–Crippen LogP) is 0.900. The van der Waals surface area contributed by atoms with Crippen LogP contribution in [0.1, 0.15) is 33.6 Å². The van der Waals surface area contributed by atoms with Gasteiger partial charge in [-0.25, -0.2) is 4.79 Å². The van der Waals surface area contributed by atoms with Crippen LogP contribution < -0.4 is 5.32 Å². The van der Waals surface area contributed by atoms with Crippen LogP contribution in [0, 0.1) is 11.3 Å². The molecule has 110 valence electrons. The van der Waals surface area contributed by atoms with Crippen LogP contribution in [0.15, 0.2) is 0 Å². The molecule has 2 amide bonds. The van der Waals surface area contributed by atoms with E-state index in [0.29, 0.717) is 25.9 Å². The standard InChI is InChI=1S/C13H24N2O4/c1-13(2,3)6-9(11(17)18)7-14-12(19)15-5-4-10(16)8-15/h9-10,16H,4-8H2,1-3H3,(H,14,19)(H,17,18). The van der Waals surface area contributed by atoms with Gasteiger partial charge < -0.3 is 20.4 Å². The number of aliphatic hydroxyl groups excluding tert-OH is 1. The molecule has 0 radical (unpaired) electrons. The molecule has 1 heterocycles. The Morgan fingerprint density at radius 1 is 1.42 bits per heavy atom. The lowest BCUT2D eigenvalue weighted by atomic mass is 9.84. The van der Waals surface area contributed by atoms with Gasteiger partial charge in [-0.3, -0.25) is 4.79 Å². The molecular weight excluding hydrogens is 248 g/mol. The lowest BCUT2D eigenvalue weighted by molar-refractivity contribution is -0.142. The first-order valence-electron chi connectivity index (χ1n) is 6.62. The maximum absolute atomic E-state index is 11.8. The molecule has 0 aromatic rings. The van der Waals surface area contributed by atoms with Crippen molar-refractivity contribution >= 4 is 12.0 Å². The maximum atomic E-state index is 11.8. The highest BCUT2D eigenvalue weighted by Crippen LogP contribution is 2.24. The van der Waals surface area contributed by atoms with Crippen LogP contribution in [0.4, 0.5) is 4.79 Å². The summed E-state index contributed by atoms with van der Waals surface area (Å²) in [7, 11) is 0. The molecule has 0 aromatic heterocycles. The van der Waals surface area contributed by atoms with E-state index in [0.717, 1.165) is 0 Å². The Labute approximate surface area is 113 Å². The van der Waals surface area contributed by atoms with E-state index in [1.165, 1.54) is 4.90 Å². The van der Waals surface area contributed by atoms with Crippen molar-refractivity contribution in [2.24, 2.45) is 11.3 Å². The quantitative estimate of drug-likeness (QED) is 0.709. The average Bonchev–Trinajstić information content (AvgIpc) is 2.68. The van der Waals surface area contributed by atoms with Crippen molar-refractivity contribution in [3.8, 4) is 0 Å². The number of aliphatic carboxylic acids is 1. The van der Waals surface area contributed by atoms with E-state index in [4.69, 9.17) is 5.11 Å². The number of likely N-dealkylation sites (tertiary alicyclic amines) is 1. The first-order valence-corrected chi connectivity index (χ1v) is 6.62. The minimum atomic E-state index is -0.892. The molecule has 6 nitrogen and oxygen atoms in total. The van der Waals surface area contributed by atoms with Gasteiger partial charge in [-0.1, -0.05) is 20.8 Å². The van der Waals surface area contributed by atoms with Gasteiger partial charge in [0.2, 0.25) is 0 Å². The van der Waals surface area contributed by atoms with E-state index < -0.39 is 18.0 Å². The van der Waals surface area contributed by atoms with Crippen molar-refractivity contribution in [2.45, 2.75) is 39.7 Å². The van der Waals surface area contributed by atoms with Crippen molar-refractivity contribution in [3.05, 3.63) is 0 Å². The largest absolute Gasteiger partial charge is 0.481 e. The fourth-order valence-electron chi connectivity index (χ4n) is 2.23. The molecule has 6 heteroatoms. The van der Waals surface area contributed by atoms with Gasteiger partial charge in [0.1, 0.15) is 0 Å². The van der Waals surface area contributed by atoms with E-state index in [-0.39, 0.29) is 18.0 Å². The molecule has 1 saturated heterocycles. The highest BCUT2D eigenvalue weighted by atomic mass is 16.4. The summed E-state index contributed by atoms with van der Waals surface area (Å²) >= 11 is 0. The van der Waals surface area contributed by atoms with Gasteiger partial charge >= 0.3 is 12.0 Å². The maximum Gasteiger partial charge on any atom is 0.317 e. The molecule has 0 aliphatic carbocycles. The van der Waals surface area contributed by atoms with Crippen LogP contribution in [0.3, 0.4) is 0 Å². The summed E-state index contributed by atoms with van der Waals surface area (Å²) in [4.78, 5) is 24.5. The Bertz CT molecular complexity index is 338. The van der Waals surface area contributed by atoms with Gasteiger partial charge in [0, 0.05) is 19.6 Å². The molecule has 0 bridgehead atoms. The van der Waals surface area contributed by atoms with Gasteiger partial charge in [-0.2, -0.15) is 0 Å². The molecule has 3 N–H and O–H groups in total. The first kappa shape index (κ1) is 15.8. The van der Waals surface area contributed by atoms with Crippen LogP contribution in [0.2, 0.25) is 0 Å². The van der Waals surface area contributed by atoms with E-state index in [1.54, 1.807) is 0 Å². The third kappa shape index (κ3) is 5.46. The topological polar surface area (TPSA) is 89.9 Å². The van der Waals surface area contributed by atoms with Crippen LogP contribution >= 0.6 is 0 Å². The smallest absolute Gasteiger partial charge is 0.317 e. The second-order valence-electron chi connectivity index (χ2n) is 6.37. The molecule has 2 unspecified atom stereocenters. The van der Waals surface area contributed by atoms with E-state index in [1.807, 2.05) is 20.8 Å². The zero-order chi connectivity index (χ0) is 14.6. The predicted molar refractivity (Wildman–Crippen MR) is 70.8 cm³/mol. The number of carbonyl (C=O) groups excluding carboxylic acids is 1. The number of urea groups is 1. The number of carbonyl (C=O) groups is 2. The zero-order valence-corrected chi connectivity index (χ0v) is 11.8. The SMILES string of the molecule is CC(C)(C)CC(CNC(=O)N1CCC(O)C1)C(=O)O. The monoisotopic (exact) mass is 272 g/mol. The number of nitrogens with one attached hydrogen (secondary N) is 1. The van der Waals surface area contributed by atoms with Crippen molar-refractivity contribution in [1.29, 1.82) is 0 Å². The summed E-state index contributed by atoms with van der Waals surface area (Å²) in [6.07, 6.45) is 0.624. The fraction of sp³-hybridized carbons (Fsp3) is 0.846. The summed E-state index contributed by atoms with van der Waals surface area (Å²) in [5.74, 6) is -1.48.